The fourth-order valence-electron chi connectivity index (χ4n) is 2.63. The smallest absolute Gasteiger partial charge is 0.163 e. The maximum atomic E-state index is 13.8. The maximum Gasteiger partial charge on any atom is 0.163 e. The molecule has 2 N–H and O–H groups in total. The molecule has 0 aromatic heterocycles. The highest BCUT2D eigenvalue weighted by Crippen LogP contribution is 2.36. The van der Waals surface area contributed by atoms with Crippen LogP contribution in [0.5, 0.6) is 0 Å². The van der Waals surface area contributed by atoms with Gasteiger partial charge in [-0.25, -0.2) is 13.2 Å². The van der Waals surface area contributed by atoms with Gasteiger partial charge >= 0.3 is 0 Å². The average Bonchev–Trinajstić information content (AvgIpc) is 2.74. The summed E-state index contributed by atoms with van der Waals surface area (Å²) in [6, 6.07) is 2.10. The van der Waals surface area contributed by atoms with Gasteiger partial charge in [0, 0.05) is 18.2 Å². The molecular weight excluding hydrogens is 241 g/mol. The largest absolute Gasteiger partial charge is 0.330 e. The van der Waals surface area contributed by atoms with Gasteiger partial charge in [-0.1, -0.05) is 0 Å². The van der Waals surface area contributed by atoms with Gasteiger partial charge in [-0.2, -0.15) is 0 Å². The van der Waals surface area contributed by atoms with Crippen molar-refractivity contribution in [2.75, 3.05) is 20.1 Å². The predicted octanol–water partition coefficient (Wildman–Crippen LogP) is 2.39. The zero-order valence-corrected chi connectivity index (χ0v) is 10.3. The number of nitrogens with zero attached hydrogens (tertiary/aromatic N) is 1. The summed E-state index contributed by atoms with van der Waals surface area (Å²) in [7, 11) is 1.85. The zero-order chi connectivity index (χ0) is 13.3. The summed E-state index contributed by atoms with van der Waals surface area (Å²) in [5, 5.41) is 0. The molecule has 5 heteroatoms. The molecule has 1 aromatic carbocycles. The molecule has 0 aliphatic carbocycles. The Bertz CT molecular complexity index is 436. The third-order valence-electron chi connectivity index (χ3n) is 3.60. The number of alkyl halides is 1. The Morgan fingerprint density at radius 1 is 1.39 bits per heavy atom. The van der Waals surface area contributed by atoms with Crippen molar-refractivity contribution in [3.63, 3.8) is 0 Å². The SMILES string of the molecule is CN1CC(CN)CC1c1cc(CF)cc(F)c1F. The quantitative estimate of drug-likeness (QED) is 0.902. The molecule has 0 radical (unpaired) electrons. The minimum absolute atomic E-state index is 0.175. The number of likely N-dealkylation sites (tertiary alicyclic amines) is 1. The van der Waals surface area contributed by atoms with Crippen LogP contribution in [0.25, 0.3) is 0 Å². The summed E-state index contributed by atoms with van der Waals surface area (Å²) >= 11 is 0. The molecule has 100 valence electrons. The first-order valence-electron chi connectivity index (χ1n) is 6.01. The Morgan fingerprint density at radius 3 is 2.67 bits per heavy atom. The van der Waals surface area contributed by atoms with Gasteiger partial charge in [0.15, 0.2) is 11.6 Å². The van der Waals surface area contributed by atoms with Gasteiger partial charge in [0.05, 0.1) is 0 Å². The van der Waals surface area contributed by atoms with Crippen molar-refractivity contribution in [1.29, 1.82) is 0 Å². The number of rotatable bonds is 3. The number of benzene rings is 1. The fourth-order valence-corrected chi connectivity index (χ4v) is 2.63. The molecular formula is C13H17F3N2. The van der Waals surface area contributed by atoms with Crippen LogP contribution in [0.2, 0.25) is 0 Å². The molecule has 18 heavy (non-hydrogen) atoms. The van der Waals surface area contributed by atoms with Crippen LogP contribution in [0.4, 0.5) is 13.2 Å². The highest BCUT2D eigenvalue weighted by atomic mass is 19.2. The summed E-state index contributed by atoms with van der Waals surface area (Å²) < 4.78 is 39.8. The number of hydrogen-bond acceptors (Lipinski definition) is 2. The molecule has 0 bridgehead atoms. The molecule has 2 unspecified atom stereocenters. The van der Waals surface area contributed by atoms with E-state index in [-0.39, 0.29) is 23.1 Å². The van der Waals surface area contributed by atoms with E-state index in [1.807, 2.05) is 11.9 Å². The van der Waals surface area contributed by atoms with E-state index in [4.69, 9.17) is 5.73 Å². The molecule has 0 spiro atoms. The molecule has 0 amide bonds. The third kappa shape index (κ3) is 2.37. The number of halogens is 3. The summed E-state index contributed by atoms with van der Waals surface area (Å²) in [5.74, 6) is -1.58. The molecule has 1 aromatic rings. The van der Waals surface area contributed by atoms with Gasteiger partial charge in [0.25, 0.3) is 0 Å². The standard InChI is InChI=1S/C13H17F3N2/c1-18-7-9(6-17)4-12(18)10-2-8(5-14)3-11(15)13(10)16/h2-3,9,12H,4-7,17H2,1H3. The Balaban J connectivity index is 2.35. The van der Waals surface area contributed by atoms with Crippen LogP contribution < -0.4 is 5.73 Å². The second kappa shape index (κ2) is 5.28. The summed E-state index contributed by atoms with van der Waals surface area (Å²) in [6.07, 6.45) is 0.680. The fraction of sp³-hybridized carbons (Fsp3) is 0.538. The predicted molar refractivity (Wildman–Crippen MR) is 63.7 cm³/mol. The van der Waals surface area contributed by atoms with Gasteiger partial charge in [-0.05, 0) is 43.6 Å². The Morgan fingerprint density at radius 2 is 2.11 bits per heavy atom. The minimum Gasteiger partial charge on any atom is -0.330 e. The van der Waals surface area contributed by atoms with E-state index < -0.39 is 18.3 Å². The molecule has 1 saturated heterocycles. The van der Waals surface area contributed by atoms with Crippen molar-refractivity contribution in [1.82, 2.24) is 4.90 Å². The van der Waals surface area contributed by atoms with E-state index in [0.717, 1.165) is 12.6 Å². The van der Waals surface area contributed by atoms with E-state index in [2.05, 4.69) is 0 Å². The summed E-state index contributed by atoms with van der Waals surface area (Å²) in [6.45, 7) is 0.483. The highest BCUT2D eigenvalue weighted by molar-refractivity contribution is 5.29. The molecule has 0 saturated carbocycles. The van der Waals surface area contributed by atoms with E-state index in [9.17, 15) is 13.2 Å². The first kappa shape index (κ1) is 13.4. The van der Waals surface area contributed by atoms with Crippen LogP contribution in [0.1, 0.15) is 23.6 Å². The molecule has 1 fully saturated rings. The normalized spacial score (nSPS) is 24.7. The molecule has 1 heterocycles. The number of nitrogens with two attached hydrogens (primary N) is 1. The van der Waals surface area contributed by atoms with E-state index in [1.165, 1.54) is 6.07 Å². The minimum atomic E-state index is -0.982. The van der Waals surface area contributed by atoms with Crippen molar-refractivity contribution in [2.45, 2.75) is 19.1 Å². The monoisotopic (exact) mass is 258 g/mol. The second-order valence-corrected chi connectivity index (χ2v) is 4.91. The van der Waals surface area contributed by atoms with Crippen molar-refractivity contribution in [2.24, 2.45) is 11.7 Å². The molecule has 1 aliphatic rings. The van der Waals surface area contributed by atoms with E-state index in [0.29, 0.717) is 13.0 Å². The first-order chi connectivity index (χ1) is 8.56. The molecule has 2 nitrogen and oxygen atoms in total. The third-order valence-corrected chi connectivity index (χ3v) is 3.60. The van der Waals surface area contributed by atoms with Crippen LogP contribution in [0.3, 0.4) is 0 Å². The Hall–Kier alpha value is -1.07. The highest BCUT2D eigenvalue weighted by Gasteiger charge is 2.32. The van der Waals surface area contributed by atoms with E-state index >= 15 is 0 Å². The summed E-state index contributed by atoms with van der Waals surface area (Å²) in [4.78, 5) is 1.94. The van der Waals surface area contributed by atoms with Gasteiger partial charge in [-0.3, -0.25) is 4.90 Å². The van der Waals surface area contributed by atoms with Crippen molar-refractivity contribution < 1.29 is 13.2 Å². The van der Waals surface area contributed by atoms with Crippen LogP contribution in [0, 0.1) is 17.6 Å². The van der Waals surface area contributed by atoms with Gasteiger partial charge < -0.3 is 5.73 Å². The van der Waals surface area contributed by atoms with Crippen LogP contribution in [-0.4, -0.2) is 25.0 Å². The second-order valence-electron chi connectivity index (χ2n) is 4.91. The average molecular weight is 258 g/mol. The van der Waals surface area contributed by atoms with Gasteiger partial charge in [0.1, 0.15) is 6.67 Å². The zero-order valence-electron chi connectivity index (χ0n) is 10.3. The van der Waals surface area contributed by atoms with Gasteiger partial charge in [0.2, 0.25) is 0 Å². The van der Waals surface area contributed by atoms with Crippen LogP contribution in [-0.2, 0) is 6.67 Å². The Kier molecular flexibility index (Phi) is 3.92. The lowest BCUT2D eigenvalue weighted by molar-refractivity contribution is 0.303. The van der Waals surface area contributed by atoms with Crippen LogP contribution in [0.15, 0.2) is 12.1 Å². The lowest BCUT2D eigenvalue weighted by atomic mass is 9.98. The van der Waals surface area contributed by atoms with Crippen LogP contribution >= 0.6 is 0 Å². The number of hydrogen-bond donors (Lipinski definition) is 1. The lowest BCUT2D eigenvalue weighted by Gasteiger charge is -2.20. The Labute approximate surface area is 105 Å². The first-order valence-corrected chi connectivity index (χ1v) is 6.01. The topological polar surface area (TPSA) is 29.3 Å². The van der Waals surface area contributed by atoms with Gasteiger partial charge in [-0.15, -0.1) is 0 Å². The lowest BCUT2D eigenvalue weighted by Crippen LogP contribution is -2.21. The van der Waals surface area contributed by atoms with Crippen molar-refractivity contribution in [3.05, 3.63) is 34.9 Å². The maximum absolute atomic E-state index is 13.8. The molecule has 2 atom stereocenters. The molecule has 2 rings (SSSR count). The summed E-state index contributed by atoms with van der Waals surface area (Å²) in [5.41, 5.74) is 6.02. The molecule has 1 aliphatic heterocycles. The van der Waals surface area contributed by atoms with E-state index in [1.54, 1.807) is 0 Å². The van der Waals surface area contributed by atoms with Crippen molar-refractivity contribution in [3.8, 4) is 0 Å². The van der Waals surface area contributed by atoms with Crippen molar-refractivity contribution >= 4 is 0 Å².